The summed E-state index contributed by atoms with van der Waals surface area (Å²) in [5.41, 5.74) is 2.34. The van der Waals surface area contributed by atoms with Crippen LogP contribution < -0.4 is 4.90 Å². The molecule has 1 fully saturated rings. The zero-order valence-electron chi connectivity index (χ0n) is 17.2. The number of anilines is 1. The van der Waals surface area contributed by atoms with Crippen molar-refractivity contribution in [1.82, 2.24) is 9.88 Å². The lowest BCUT2D eigenvalue weighted by Crippen LogP contribution is -2.38. The molecule has 3 rings (SSSR count). The van der Waals surface area contributed by atoms with Crippen LogP contribution in [0.25, 0.3) is 10.9 Å². The van der Waals surface area contributed by atoms with Gasteiger partial charge in [0.05, 0.1) is 24.0 Å². The fourth-order valence-electron chi connectivity index (χ4n) is 4.06. The van der Waals surface area contributed by atoms with Crippen molar-refractivity contribution in [2.45, 2.75) is 33.1 Å². The molecule has 0 aliphatic carbocycles. The Labute approximate surface area is 172 Å². The van der Waals surface area contributed by atoms with Gasteiger partial charge in [0.2, 0.25) is 0 Å². The molecule has 1 aliphatic rings. The number of Topliss-reactive ketones (excluding diaryl/α,β-unsaturated/α-hetero) is 2. The molecular weight excluding hydrogens is 364 g/mol. The molecule has 2 aromatic rings. The van der Waals surface area contributed by atoms with Gasteiger partial charge in [-0.2, -0.15) is 5.26 Å². The first-order valence-electron chi connectivity index (χ1n) is 10.4. The van der Waals surface area contributed by atoms with Crippen molar-refractivity contribution < 1.29 is 9.59 Å². The molecule has 2 heterocycles. The van der Waals surface area contributed by atoms with E-state index in [1.807, 2.05) is 43.0 Å². The average molecular weight is 393 g/mol. The van der Waals surface area contributed by atoms with Crippen molar-refractivity contribution in [2.24, 2.45) is 5.92 Å². The predicted molar refractivity (Wildman–Crippen MR) is 114 cm³/mol. The number of benzene rings is 1. The second-order valence-electron chi connectivity index (χ2n) is 7.55. The summed E-state index contributed by atoms with van der Waals surface area (Å²) in [5.74, 6) is 0.0492. The maximum atomic E-state index is 12.6. The maximum absolute atomic E-state index is 12.6. The van der Waals surface area contributed by atoms with Crippen molar-refractivity contribution in [3.05, 3.63) is 36.0 Å². The van der Waals surface area contributed by atoms with Gasteiger partial charge in [0.1, 0.15) is 11.9 Å². The number of carbonyl (C=O) groups is 2. The highest BCUT2D eigenvalue weighted by atomic mass is 16.1. The number of pyridine rings is 1. The van der Waals surface area contributed by atoms with E-state index < -0.39 is 0 Å². The van der Waals surface area contributed by atoms with Crippen molar-refractivity contribution in [1.29, 1.82) is 5.26 Å². The molecule has 0 unspecified atom stereocenters. The summed E-state index contributed by atoms with van der Waals surface area (Å²) in [6.07, 6.45) is 3.25. The fourth-order valence-corrected chi connectivity index (χ4v) is 4.06. The Kier molecular flexibility index (Phi) is 6.95. The molecule has 0 spiro atoms. The van der Waals surface area contributed by atoms with Crippen LogP contribution in [-0.4, -0.2) is 54.2 Å². The molecule has 29 heavy (non-hydrogen) atoms. The third-order valence-electron chi connectivity index (χ3n) is 5.82. The number of aromatic nitrogens is 1. The van der Waals surface area contributed by atoms with E-state index in [4.69, 9.17) is 0 Å². The number of likely N-dealkylation sites (N-methyl/N-ethyl adjacent to an activating group) is 1. The minimum absolute atomic E-state index is 0.0188. The molecule has 1 aromatic heterocycles. The van der Waals surface area contributed by atoms with Crippen LogP contribution in [0.2, 0.25) is 0 Å². The highest BCUT2D eigenvalue weighted by Crippen LogP contribution is 2.31. The van der Waals surface area contributed by atoms with Crippen LogP contribution >= 0.6 is 0 Å². The number of rotatable bonds is 8. The fraction of sp³-hybridized carbons (Fsp3) is 0.478. The van der Waals surface area contributed by atoms with Crippen molar-refractivity contribution in [3.63, 3.8) is 0 Å². The first kappa shape index (κ1) is 20.9. The summed E-state index contributed by atoms with van der Waals surface area (Å²) in [7, 11) is 0. The first-order valence-corrected chi connectivity index (χ1v) is 10.4. The minimum Gasteiger partial charge on any atom is -0.371 e. The van der Waals surface area contributed by atoms with E-state index in [1.165, 1.54) is 0 Å². The number of nitriles is 1. The van der Waals surface area contributed by atoms with Gasteiger partial charge >= 0.3 is 0 Å². The number of hydrogen-bond donors (Lipinski definition) is 0. The normalized spacial score (nSPS) is 14.9. The van der Waals surface area contributed by atoms with Gasteiger partial charge in [0, 0.05) is 36.3 Å². The van der Waals surface area contributed by atoms with Gasteiger partial charge in [0.15, 0.2) is 5.78 Å². The van der Waals surface area contributed by atoms with Crippen molar-refractivity contribution >= 4 is 28.2 Å². The smallest absolute Gasteiger partial charge is 0.154 e. The molecule has 0 N–H and O–H groups in total. The van der Waals surface area contributed by atoms with Gasteiger partial charge in [-0.1, -0.05) is 13.8 Å². The Morgan fingerprint density at radius 1 is 1.21 bits per heavy atom. The molecule has 1 saturated heterocycles. The summed E-state index contributed by atoms with van der Waals surface area (Å²) in [6.45, 7) is 7.58. The monoisotopic (exact) mass is 392 g/mol. The van der Waals surface area contributed by atoms with E-state index in [2.05, 4.69) is 16.0 Å². The van der Waals surface area contributed by atoms with Crippen LogP contribution in [-0.2, 0) is 9.59 Å². The molecule has 6 heteroatoms. The molecule has 0 atom stereocenters. The highest BCUT2D eigenvalue weighted by molar-refractivity contribution is 6.01. The van der Waals surface area contributed by atoms with Crippen LogP contribution in [0.4, 0.5) is 5.69 Å². The van der Waals surface area contributed by atoms with Gasteiger partial charge in [-0.25, -0.2) is 0 Å². The molecule has 152 valence electrons. The van der Waals surface area contributed by atoms with Gasteiger partial charge in [-0.15, -0.1) is 0 Å². The lowest BCUT2D eigenvalue weighted by atomic mass is 9.89. The Morgan fingerprint density at radius 3 is 2.59 bits per heavy atom. The predicted octanol–water partition coefficient (Wildman–Crippen LogP) is 3.19. The Balaban J connectivity index is 1.63. The number of nitrogens with zero attached hydrogens (tertiary/aromatic N) is 4. The zero-order valence-corrected chi connectivity index (χ0v) is 17.2. The van der Waals surface area contributed by atoms with Crippen LogP contribution in [0.1, 0.15) is 38.7 Å². The SMILES string of the molecule is CCN(CC)CC(=O)CC(=O)C1CCN(c2ccc(C#N)c3ncccc23)CC1. The van der Waals surface area contributed by atoms with Crippen LogP contribution in [0.15, 0.2) is 30.5 Å². The number of fused-ring (bicyclic) bond motifs is 1. The number of hydrogen-bond acceptors (Lipinski definition) is 6. The third-order valence-corrected chi connectivity index (χ3v) is 5.82. The number of carbonyl (C=O) groups excluding carboxylic acids is 2. The van der Waals surface area contributed by atoms with Crippen LogP contribution in [0.3, 0.4) is 0 Å². The second-order valence-corrected chi connectivity index (χ2v) is 7.55. The number of piperidine rings is 1. The van der Waals surface area contributed by atoms with E-state index in [0.29, 0.717) is 17.6 Å². The topological polar surface area (TPSA) is 77.3 Å². The van der Waals surface area contributed by atoms with Crippen molar-refractivity contribution in [2.75, 3.05) is 37.6 Å². The summed E-state index contributed by atoms with van der Waals surface area (Å²) < 4.78 is 0. The van der Waals surface area contributed by atoms with E-state index in [1.54, 1.807) is 6.20 Å². The largest absolute Gasteiger partial charge is 0.371 e. The molecule has 6 nitrogen and oxygen atoms in total. The Morgan fingerprint density at radius 2 is 1.93 bits per heavy atom. The molecular formula is C23H28N4O2. The molecule has 1 aliphatic heterocycles. The minimum atomic E-state index is -0.0466. The lowest BCUT2D eigenvalue weighted by molar-refractivity contribution is -0.130. The van der Waals surface area contributed by atoms with Gasteiger partial charge in [0.25, 0.3) is 0 Å². The molecule has 1 aromatic carbocycles. The average Bonchev–Trinajstić information content (AvgIpc) is 2.76. The highest BCUT2D eigenvalue weighted by Gasteiger charge is 2.27. The van der Waals surface area contributed by atoms with Gasteiger partial charge < -0.3 is 4.90 Å². The molecule has 0 saturated carbocycles. The van der Waals surface area contributed by atoms with E-state index >= 15 is 0 Å². The molecule has 0 bridgehead atoms. The second kappa shape index (κ2) is 9.62. The summed E-state index contributed by atoms with van der Waals surface area (Å²) >= 11 is 0. The van der Waals surface area contributed by atoms with Crippen molar-refractivity contribution in [3.8, 4) is 6.07 Å². The van der Waals surface area contributed by atoms with Gasteiger partial charge in [-0.05, 0) is 50.2 Å². The molecule has 0 radical (unpaired) electrons. The first-order chi connectivity index (χ1) is 14.1. The van der Waals surface area contributed by atoms with E-state index in [-0.39, 0.29) is 23.9 Å². The zero-order chi connectivity index (χ0) is 20.8. The quantitative estimate of drug-likeness (QED) is 0.642. The van der Waals surface area contributed by atoms with Gasteiger partial charge in [-0.3, -0.25) is 19.5 Å². The standard InChI is InChI=1S/C23H28N4O2/c1-3-26(4-2)16-19(28)14-22(29)17-9-12-27(13-10-17)21-8-7-18(15-24)23-20(21)6-5-11-25-23/h5-8,11,17H,3-4,9-10,12-14,16H2,1-2H3. The van der Waals surface area contributed by atoms with E-state index in [9.17, 15) is 14.9 Å². The maximum Gasteiger partial charge on any atom is 0.154 e. The molecule has 0 amide bonds. The third kappa shape index (κ3) is 4.80. The summed E-state index contributed by atoms with van der Waals surface area (Å²) in [5, 5.41) is 10.3. The number of ketones is 2. The Hall–Kier alpha value is -2.78. The lowest BCUT2D eigenvalue weighted by Gasteiger charge is -2.33. The van der Waals surface area contributed by atoms with Crippen LogP contribution in [0, 0.1) is 17.2 Å². The Bertz CT molecular complexity index is 922. The van der Waals surface area contributed by atoms with E-state index in [0.717, 1.165) is 50.1 Å². The summed E-state index contributed by atoms with van der Waals surface area (Å²) in [6, 6.07) is 9.85. The summed E-state index contributed by atoms with van der Waals surface area (Å²) in [4.78, 5) is 33.5. The van der Waals surface area contributed by atoms with Crippen LogP contribution in [0.5, 0.6) is 0 Å².